The third-order valence-electron chi connectivity index (χ3n) is 4.89. The van der Waals surface area contributed by atoms with Gasteiger partial charge in [0.15, 0.2) is 0 Å². The molecule has 1 heterocycles. The van der Waals surface area contributed by atoms with Crippen molar-refractivity contribution in [1.82, 2.24) is 25.9 Å². The van der Waals surface area contributed by atoms with Gasteiger partial charge in [0.05, 0.1) is 24.5 Å². The number of aromatic nitrogens is 2. The first-order valence-corrected chi connectivity index (χ1v) is 10.5. The number of imidazole rings is 1. The van der Waals surface area contributed by atoms with Gasteiger partial charge in [-0.05, 0) is 11.8 Å². The van der Waals surface area contributed by atoms with Gasteiger partial charge in [-0.1, -0.05) is 27.7 Å². The summed E-state index contributed by atoms with van der Waals surface area (Å²) in [5.41, 5.74) is 11.3. The molecule has 0 aromatic carbocycles. The number of aliphatic carboxylic acids is 1. The van der Waals surface area contributed by atoms with Gasteiger partial charge in [0.2, 0.25) is 23.6 Å². The van der Waals surface area contributed by atoms with Crippen molar-refractivity contribution in [3.05, 3.63) is 18.2 Å². The van der Waals surface area contributed by atoms with Crippen LogP contribution in [0.15, 0.2) is 12.5 Å². The summed E-state index contributed by atoms with van der Waals surface area (Å²) in [6, 6.07) is -4.64. The van der Waals surface area contributed by atoms with E-state index in [4.69, 9.17) is 11.5 Å². The zero-order valence-electron chi connectivity index (χ0n) is 19.1. The second-order valence-corrected chi connectivity index (χ2v) is 8.40. The first-order chi connectivity index (χ1) is 15.3. The van der Waals surface area contributed by atoms with Gasteiger partial charge in [-0.15, -0.1) is 0 Å². The Bertz CT molecular complexity index is 840. The van der Waals surface area contributed by atoms with E-state index in [-0.39, 0.29) is 18.3 Å². The molecule has 0 saturated carbocycles. The van der Waals surface area contributed by atoms with Crippen LogP contribution in [0.5, 0.6) is 0 Å². The molecule has 33 heavy (non-hydrogen) atoms. The van der Waals surface area contributed by atoms with Crippen molar-refractivity contribution in [2.24, 2.45) is 23.3 Å². The van der Waals surface area contributed by atoms with E-state index in [1.54, 1.807) is 27.7 Å². The van der Waals surface area contributed by atoms with Gasteiger partial charge < -0.3 is 37.5 Å². The van der Waals surface area contributed by atoms with Gasteiger partial charge in [0, 0.05) is 12.6 Å². The number of H-pyrrole nitrogens is 1. The zero-order valence-corrected chi connectivity index (χ0v) is 19.1. The predicted molar refractivity (Wildman–Crippen MR) is 117 cm³/mol. The minimum absolute atomic E-state index is 0.0751. The van der Waals surface area contributed by atoms with Crippen LogP contribution >= 0.6 is 0 Å². The summed E-state index contributed by atoms with van der Waals surface area (Å²) >= 11 is 0. The molecule has 0 aliphatic carbocycles. The predicted octanol–water partition coefficient (Wildman–Crippen LogP) is -1.99. The quantitative estimate of drug-likeness (QED) is 0.171. The number of carbonyl (C=O) groups is 5. The van der Waals surface area contributed by atoms with E-state index in [9.17, 15) is 29.1 Å². The molecule has 0 spiro atoms. The lowest BCUT2D eigenvalue weighted by atomic mass is 9.99. The van der Waals surface area contributed by atoms with Crippen LogP contribution < -0.4 is 27.4 Å². The Kier molecular flexibility index (Phi) is 10.5. The molecule has 184 valence electrons. The highest BCUT2D eigenvalue weighted by Crippen LogP contribution is 2.07. The largest absolute Gasteiger partial charge is 0.480 e. The highest BCUT2D eigenvalue weighted by atomic mass is 16.4. The Morgan fingerprint density at radius 3 is 2.03 bits per heavy atom. The Balaban J connectivity index is 3.06. The highest BCUT2D eigenvalue weighted by Gasteiger charge is 2.32. The number of amides is 4. The number of carbonyl (C=O) groups excluding carboxylic acids is 4. The van der Waals surface area contributed by atoms with Crippen LogP contribution in [-0.4, -0.2) is 68.8 Å². The SMILES string of the molecule is CC(C)[C@H](N)C(=O)N[C@H](C(=O)N[C@@H](Cc1c[nH]cn1)C(=O)N[C@@H](CC(N)=O)C(=O)O)C(C)C. The van der Waals surface area contributed by atoms with Gasteiger partial charge in [0.1, 0.15) is 18.1 Å². The molecule has 0 unspecified atom stereocenters. The van der Waals surface area contributed by atoms with Crippen LogP contribution in [0, 0.1) is 11.8 Å². The van der Waals surface area contributed by atoms with Crippen LogP contribution in [0.2, 0.25) is 0 Å². The van der Waals surface area contributed by atoms with Crippen LogP contribution in [0.4, 0.5) is 0 Å². The summed E-state index contributed by atoms with van der Waals surface area (Å²) in [7, 11) is 0. The second-order valence-electron chi connectivity index (χ2n) is 8.40. The number of hydrogen-bond donors (Lipinski definition) is 7. The van der Waals surface area contributed by atoms with Crippen molar-refractivity contribution < 1.29 is 29.1 Å². The van der Waals surface area contributed by atoms with Gasteiger partial charge in [-0.2, -0.15) is 0 Å². The van der Waals surface area contributed by atoms with E-state index in [2.05, 4.69) is 25.9 Å². The monoisotopic (exact) mass is 467 g/mol. The van der Waals surface area contributed by atoms with Crippen molar-refractivity contribution in [3.63, 3.8) is 0 Å². The van der Waals surface area contributed by atoms with Crippen molar-refractivity contribution in [2.75, 3.05) is 0 Å². The summed E-state index contributed by atoms with van der Waals surface area (Å²) in [4.78, 5) is 67.5. The molecule has 9 N–H and O–H groups in total. The summed E-state index contributed by atoms with van der Waals surface area (Å²) < 4.78 is 0. The number of nitrogens with two attached hydrogens (primary N) is 2. The van der Waals surface area contributed by atoms with E-state index >= 15 is 0 Å². The van der Waals surface area contributed by atoms with Crippen molar-refractivity contribution in [1.29, 1.82) is 0 Å². The number of primary amides is 1. The summed E-state index contributed by atoms with van der Waals surface area (Å²) in [5, 5.41) is 16.6. The van der Waals surface area contributed by atoms with E-state index in [1.807, 2.05) is 0 Å². The van der Waals surface area contributed by atoms with Crippen molar-refractivity contribution in [3.8, 4) is 0 Å². The fourth-order valence-electron chi connectivity index (χ4n) is 2.84. The number of nitrogens with zero attached hydrogens (tertiary/aromatic N) is 1. The molecule has 0 saturated heterocycles. The highest BCUT2D eigenvalue weighted by molar-refractivity contribution is 5.95. The molecule has 13 nitrogen and oxygen atoms in total. The Morgan fingerprint density at radius 1 is 0.970 bits per heavy atom. The molecule has 13 heteroatoms. The topological polar surface area (TPSA) is 222 Å². The molecular formula is C20H33N7O6. The maximum Gasteiger partial charge on any atom is 0.326 e. The molecule has 0 aliphatic rings. The fourth-order valence-corrected chi connectivity index (χ4v) is 2.84. The Labute approximate surface area is 191 Å². The lowest BCUT2D eigenvalue weighted by Crippen LogP contribution is -2.59. The van der Waals surface area contributed by atoms with E-state index in [1.165, 1.54) is 12.5 Å². The number of aromatic amines is 1. The Hall–Kier alpha value is -3.48. The molecule has 0 aliphatic heterocycles. The normalized spacial score (nSPS) is 14.8. The van der Waals surface area contributed by atoms with Crippen LogP contribution in [-0.2, 0) is 30.4 Å². The van der Waals surface area contributed by atoms with Crippen LogP contribution in [0.25, 0.3) is 0 Å². The van der Waals surface area contributed by atoms with Crippen molar-refractivity contribution >= 4 is 29.6 Å². The summed E-state index contributed by atoms with van der Waals surface area (Å²) in [5.74, 6) is -4.90. The molecule has 0 fully saturated rings. The lowest BCUT2D eigenvalue weighted by molar-refractivity contribution is -0.143. The molecule has 1 rings (SSSR count). The minimum Gasteiger partial charge on any atom is -0.480 e. The maximum absolute atomic E-state index is 13.0. The number of hydrogen-bond acceptors (Lipinski definition) is 7. The van der Waals surface area contributed by atoms with E-state index in [0.29, 0.717) is 5.69 Å². The summed E-state index contributed by atoms with van der Waals surface area (Å²) in [6.45, 7) is 6.96. The molecule has 4 atom stereocenters. The van der Waals surface area contributed by atoms with Crippen molar-refractivity contribution in [2.45, 2.75) is 64.7 Å². The first-order valence-electron chi connectivity index (χ1n) is 10.5. The lowest BCUT2D eigenvalue weighted by Gasteiger charge is -2.27. The van der Waals surface area contributed by atoms with Gasteiger partial charge >= 0.3 is 5.97 Å². The minimum atomic E-state index is -1.57. The van der Waals surface area contributed by atoms with Gasteiger partial charge in [-0.25, -0.2) is 9.78 Å². The number of carboxylic acids is 1. The number of rotatable bonds is 13. The van der Waals surface area contributed by atoms with Crippen LogP contribution in [0.1, 0.15) is 39.8 Å². The number of carboxylic acid groups (broad SMARTS) is 1. The zero-order chi connectivity index (χ0) is 25.3. The molecule has 0 bridgehead atoms. The third kappa shape index (κ3) is 8.88. The molecular weight excluding hydrogens is 434 g/mol. The number of nitrogens with one attached hydrogen (secondary N) is 4. The second kappa shape index (κ2) is 12.5. The van der Waals surface area contributed by atoms with E-state index in [0.717, 1.165) is 0 Å². The molecule has 1 aromatic rings. The average molecular weight is 468 g/mol. The molecule has 1 aromatic heterocycles. The standard InChI is InChI=1S/C20H33N7O6/c1-9(2)15(22)18(30)27-16(10(3)4)19(31)25-12(5-11-7-23-8-24-11)17(29)26-13(20(32)33)6-14(21)28/h7-10,12-13,15-16H,5-6,22H2,1-4H3,(H2,21,28)(H,23,24)(H,25,31)(H,26,29)(H,27,30)(H,32,33)/t12-,13-,15-,16-/m0/s1. The van der Waals surface area contributed by atoms with Gasteiger partial charge in [-0.3, -0.25) is 19.2 Å². The fraction of sp³-hybridized carbons (Fsp3) is 0.600. The van der Waals surface area contributed by atoms with Gasteiger partial charge in [0.25, 0.3) is 0 Å². The molecule has 4 amide bonds. The Morgan fingerprint density at radius 2 is 1.58 bits per heavy atom. The third-order valence-corrected chi connectivity index (χ3v) is 4.89. The molecule has 0 radical (unpaired) electrons. The van der Waals surface area contributed by atoms with E-state index < -0.39 is 60.2 Å². The maximum atomic E-state index is 13.0. The first kappa shape index (κ1) is 27.6. The van der Waals surface area contributed by atoms with Crippen LogP contribution in [0.3, 0.4) is 0 Å². The summed E-state index contributed by atoms with van der Waals surface area (Å²) in [6.07, 6.45) is 2.19. The average Bonchev–Trinajstić information content (AvgIpc) is 3.22. The smallest absolute Gasteiger partial charge is 0.326 e.